The largest absolute Gasteiger partial charge is 0.381 e. The van der Waals surface area contributed by atoms with Crippen molar-refractivity contribution >= 4 is 0 Å². The second-order valence-electron chi connectivity index (χ2n) is 4.62. The molecular weight excluding hydrogens is 206 g/mol. The lowest BCUT2D eigenvalue weighted by molar-refractivity contribution is 0.192. The quantitative estimate of drug-likeness (QED) is 0.775. The molecule has 0 radical (unpaired) electrons. The molecule has 0 spiro atoms. The molecule has 1 aliphatic rings. The number of aromatic nitrogens is 2. The second kappa shape index (κ2) is 4.93. The van der Waals surface area contributed by atoms with Gasteiger partial charge >= 0.3 is 0 Å². The second-order valence-corrected chi connectivity index (χ2v) is 4.62. The first kappa shape index (κ1) is 11.5. The van der Waals surface area contributed by atoms with Gasteiger partial charge < -0.3 is 9.26 Å². The van der Waals surface area contributed by atoms with Crippen molar-refractivity contribution < 1.29 is 9.26 Å². The Hall–Kier alpha value is -0.940. The van der Waals surface area contributed by atoms with Crippen molar-refractivity contribution in [3.8, 4) is 0 Å². The Balaban J connectivity index is 1.96. The average Bonchev–Trinajstić information content (AvgIpc) is 2.85. The average molecular weight is 225 g/mol. The van der Waals surface area contributed by atoms with Crippen molar-refractivity contribution in [1.82, 2.24) is 15.0 Å². The van der Waals surface area contributed by atoms with Gasteiger partial charge in [-0.2, -0.15) is 4.98 Å². The molecular formula is C11H19N3O2. The van der Waals surface area contributed by atoms with Crippen molar-refractivity contribution in [1.29, 1.82) is 0 Å². The van der Waals surface area contributed by atoms with Crippen LogP contribution in [0.5, 0.6) is 0 Å². The highest BCUT2D eigenvalue weighted by Gasteiger charge is 2.23. The zero-order valence-corrected chi connectivity index (χ0v) is 10.1. The number of hydrogen-bond donors (Lipinski definition) is 0. The summed E-state index contributed by atoms with van der Waals surface area (Å²) in [4.78, 5) is 6.58. The lowest BCUT2D eigenvalue weighted by atomic mass is 10.1. The fraction of sp³-hybridized carbons (Fsp3) is 0.818. The summed E-state index contributed by atoms with van der Waals surface area (Å²) in [5, 5.41) is 4.02. The van der Waals surface area contributed by atoms with E-state index in [1.54, 1.807) is 0 Å². The lowest BCUT2D eigenvalue weighted by Gasteiger charge is -2.18. The summed E-state index contributed by atoms with van der Waals surface area (Å²) >= 11 is 0. The zero-order chi connectivity index (χ0) is 11.5. The van der Waals surface area contributed by atoms with E-state index < -0.39 is 0 Å². The highest BCUT2D eigenvalue weighted by atomic mass is 16.5. The topological polar surface area (TPSA) is 51.4 Å². The van der Waals surface area contributed by atoms with Crippen LogP contribution in [0.25, 0.3) is 0 Å². The van der Waals surface area contributed by atoms with E-state index in [1.807, 2.05) is 7.05 Å². The van der Waals surface area contributed by atoms with Crippen molar-refractivity contribution in [3.63, 3.8) is 0 Å². The fourth-order valence-electron chi connectivity index (χ4n) is 1.63. The minimum atomic E-state index is 0.321. The van der Waals surface area contributed by atoms with Gasteiger partial charge in [-0.25, -0.2) is 0 Å². The van der Waals surface area contributed by atoms with E-state index in [4.69, 9.17) is 9.26 Å². The van der Waals surface area contributed by atoms with E-state index in [2.05, 4.69) is 28.9 Å². The standard InChI is InChI=1S/C11H19N3O2/c1-8(2)14(3)6-10-12-11(13-16-10)9-4-5-15-7-9/h8-9H,4-7H2,1-3H3. The lowest BCUT2D eigenvalue weighted by Crippen LogP contribution is -2.25. The Labute approximate surface area is 95.8 Å². The van der Waals surface area contributed by atoms with Gasteiger partial charge in [-0.05, 0) is 27.3 Å². The summed E-state index contributed by atoms with van der Waals surface area (Å²) in [5.74, 6) is 1.81. The molecule has 0 aliphatic carbocycles. The summed E-state index contributed by atoms with van der Waals surface area (Å²) in [6.45, 7) is 6.52. The van der Waals surface area contributed by atoms with Gasteiger partial charge in [-0.3, -0.25) is 4.90 Å². The third-order valence-corrected chi connectivity index (χ3v) is 3.04. The molecule has 0 bridgehead atoms. The molecule has 0 amide bonds. The van der Waals surface area contributed by atoms with Gasteiger partial charge in [-0.15, -0.1) is 0 Å². The van der Waals surface area contributed by atoms with E-state index in [0.29, 0.717) is 24.4 Å². The van der Waals surface area contributed by atoms with Crippen molar-refractivity contribution in [2.75, 3.05) is 20.3 Å². The highest BCUT2D eigenvalue weighted by molar-refractivity contribution is 4.97. The summed E-state index contributed by atoms with van der Waals surface area (Å²) in [6.07, 6.45) is 0.999. The van der Waals surface area contributed by atoms with Crippen LogP contribution >= 0.6 is 0 Å². The van der Waals surface area contributed by atoms with Gasteiger partial charge in [0.15, 0.2) is 5.82 Å². The Morgan fingerprint density at radius 2 is 2.31 bits per heavy atom. The Kier molecular flexibility index (Phi) is 3.56. The van der Waals surface area contributed by atoms with Crippen LogP contribution < -0.4 is 0 Å². The molecule has 0 aromatic carbocycles. The van der Waals surface area contributed by atoms with E-state index >= 15 is 0 Å². The molecule has 0 N–H and O–H groups in total. The number of hydrogen-bond acceptors (Lipinski definition) is 5. The highest BCUT2D eigenvalue weighted by Crippen LogP contribution is 2.22. The maximum atomic E-state index is 5.31. The molecule has 1 aromatic heterocycles. The van der Waals surface area contributed by atoms with Gasteiger partial charge in [0.1, 0.15) is 0 Å². The molecule has 1 unspecified atom stereocenters. The minimum absolute atomic E-state index is 0.321. The fourth-order valence-corrected chi connectivity index (χ4v) is 1.63. The maximum absolute atomic E-state index is 5.31. The van der Waals surface area contributed by atoms with Crippen LogP contribution in [0, 0.1) is 0 Å². The predicted molar refractivity (Wildman–Crippen MR) is 59.1 cm³/mol. The normalized spacial score (nSPS) is 21.2. The van der Waals surface area contributed by atoms with Gasteiger partial charge in [0.05, 0.1) is 13.2 Å². The smallest absolute Gasteiger partial charge is 0.240 e. The monoisotopic (exact) mass is 225 g/mol. The van der Waals surface area contributed by atoms with Crippen LogP contribution in [0.4, 0.5) is 0 Å². The minimum Gasteiger partial charge on any atom is -0.381 e. The third-order valence-electron chi connectivity index (χ3n) is 3.04. The molecule has 1 aliphatic heterocycles. The van der Waals surface area contributed by atoms with Crippen LogP contribution in [-0.4, -0.2) is 41.3 Å². The first-order valence-corrected chi connectivity index (χ1v) is 5.77. The molecule has 5 nitrogen and oxygen atoms in total. The Bertz CT molecular complexity index is 332. The van der Waals surface area contributed by atoms with Crippen LogP contribution in [-0.2, 0) is 11.3 Å². The summed E-state index contributed by atoms with van der Waals surface area (Å²) < 4.78 is 10.5. The van der Waals surface area contributed by atoms with Crippen molar-refractivity contribution in [2.24, 2.45) is 0 Å². The van der Waals surface area contributed by atoms with E-state index in [-0.39, 0.29) is 0 Å². The van der Waals surface area contributed by atoms with Gasteiger partial charge in [0.2, 0.25) is 5.89 Å². The van der Waals surface area contributed by atoms with Crippen molar-refractivity contribution in [2.45, 2.75) is 38.8 Å². The SMILES string of the molecule is CC(C)N(C)Cc1nc(C2CCOC2)no1. The third kappa shape index (κ3) is 2.59. The van der Waals surface area contributed by atoms with Gasteiger partial charge in [0.25, 0.3) is 0 Å². The molecule has 0 saturated carbocycles. The first-order chi connectivity index (χ1) is 7.66. The summed E-state index contributed by atoms with van der Waals surface area (Å²) in [6, 6.07) is 0.477. The molecule has 90 valence electrons. The van der Waals surface area contributed by atoms with Crippen LogP contribution in [0.3, 0.4) is 0 Å². The zero-order valence-electron chi connectivity index (χ0n) is 10.1. The molecule has 1 aromatic rings. The van der Waals surface area contributed by atoms with Crippen LogP contribution in [0.1, 0.15) is 37.9 Å². The number of nitrogens with zero attached hydrogens (tertiary/aromatic N) is 3. The summed E-state index contributed by atoms with van der Waals surface area (Å²) in [5.41, 5.74) is 0. The maximum Gasteiger partial charge on any atom is 0.240 e. The molecule has 5 heteroatoms. The first-order valence-electron chi connectivity index (χ1n) is 5.77. The molecule has 16 heavy (non-hydrogen) atoms. The molecule has 2 heterocycles. The molecule has 1 atom stereocenters. The van der Waals surface area contributed by atoms with E-state index in [0.717, 1.165) is 25.5 Å². The van der Waals surface area contributed by atoms with Gasteiger partial charge in [0, 0.05) is 18.6 Å². The summed E-state index contributed by atoms with van der Waals surface area (Å²) in [7, 11) is 2.05. The molecule has 2 rings (SSSR count). The number of rotatable bonds is 4. The van der Waals surface area contributed by atoms with E-state index in [9.17, 15) is 0 Å². The van der Waals surface area contributed by atoms with E-state index in [1.165, 1.54) is 0 Å². The van der Waals surface area contributed by atoms with Crippen LogP contribution in [0.15, 0.2) is 4.52 Å². The van der Waals surface area contributed by atoms with Crippen LogP contribution in [0.2, 0.25) is 0 Å². The van der Waals surface area contributed by atoms with Crippen molar-refractivity contribution in [3.05, 3.63) is 11.7 Å². The Morgan fingerprint density at radius 3 is 2.94 bits per heavy atom. The number of ether oxygens (including phenoxy) is 1. The molecule has 1 saturated heterocycles. The van der Waals surface area contributed by atoms with Gasteiger partial charge in [-0.1, -0.05) is 5.16 Å². The predicted octanol–water partition coefficient (Wildman–Crippen LogP) is 1.41. The molecule has 1 fully saturated rings. The Morgan fingerprint density at radius 1 is 1.50 bits per heavy atom.